The Morgan fingerprint density at radius 2 is 2.24 bits per heavy atom. The summed E-state index contributed by atoms with van der Waals surface area (Å²) in [6.07, 6.45) is 5.76. The van der Waals surface area contributed by atoms with E-state index in [0.717, 1.165) is 69.2 Å². The molecule has 2 aliphatic rings. The van der Waals surface area contributed by atoms with Gasteiger partial charge in [0.15, 0.2) is 11.8 Å². The molecule has 1 aliphatic heterocycles. The van der Waals surface area contributed by atoms with Crippen LogP contribution in [0.15, 0.2) is 4.99 Å². The van der Waals surface area contributed by atoms with Crippen LogP contribution in [-0.2, 0) is 24.3 Å². The number of hydrogen-bond donors (Lipinski definition) is 3. The zero-order chi connectivity index (χ0) is 17.7. The lowest BCUT2D eigenvalue weighted by Crippen LogP contribution is -2.47. The molecule has 1 aliphatic carbocycles. The quantitative estimate of drug-likeness (QED) is 0.514. The third kappa shape index (κ3) is 4.70. The molecular weight excluding hydrogens is 320 g/mol. The molecule has 1 aromatic rings. The van der Waals surface area contributed by atoms with Gasteiger partial charge in [0.25, 0.3) is 0 Å². The topological polar surface area (TPSA) is 96.6 Å². The highest BCUT2D eigenvalue weighted by Crippen LogP contribution is 2.29. The molecule has 3 N–H and O–H groups in total. The van der Waals surface area contributed by atoms with Gasteiger partial charge in [-0.05, 0) is 26.2 Å². The van der Waals surface area contributed by atoms with Crippen molar-refractivity contribution in [3.8, 4) is 0 Å². The van der Waals surface area contributed by atoms with Crippen molar-refractivity contribution >= 4 is 5.96 Å². The van der Waals surface area contributed by atoms with E-state index < -0.39 is 5.60 Å². The summed E-state index contributed by atoms with van der Waals surface area (Å²) in [6.45, 7) is 4.52. The van der Waals surface area contributed by atoms with Crippen molar-refractivity contribution in [2.75, 3.05) is 20.2 Å². The van der Waals surface area contributed by atoms with Crippen LogP contribution in [0.3, 0.4) is 0 Å². The Labute approximate surface area is 149 Å². The summed E-state index contributed by atoms with van der Waals surface area (Å²) in [7, 11) is 1.65. The van der Waals surface area contributed by atoms with Gasteiger partial charge in [0.1, 0.15) is 12.4 Å². The summed E-state index contributed by atoms with van der Waals surface area (Å²) in [5.41, 5.74) is -0.622. The number of aromatic nitrogens is 3. The fourth-order valence-corrected chi connectivity index (χ4v) is 3.60. The van der Waals surface area contributed by atoms with E-state index in [1.165, 1.54) is 0 Å². The van der Waals surface area contributed by atoms with Crippen molar-refractivity contribution < 1.29 is 9.84 Å². The van der Waals surface area contributed by atoms with E-state index in [9.17, 15) is 5.11 Å². The number of aliphatic imine (C=N–C) groups is 1. The zero-order valence-electron chi connectivity index (χ0n) is 15.3. The van der Waals surface area contributed by atoms with Crippen molar-refractivity contribution in [3.63, 3.8) is 0 Å². The van der Waals surface area contributed by atoms with Crippen LogP contribution in [0.1, 0.15) is 50.7 Å². The summed E-state index contributed by atoms with van der Waals surface area (Å²) in [5.74, 6) is 2.53. The number of guanidine groups is 1. The molecule has 1 unspecified atom stereocenters. The average molecular weight is 350 g/mol. The van der Waals surface area contributed by atoms with E-state index in [-0.39, 0.29) is 6.04 Å². The van der Waals surface area contributed by atoms with E-state index >= 15 is 0 Å². The van der Waals surface area contributed by atoms with Gasteiger partial charge in [0, 0.05) is 26.1 Å². The van der Waals surface area contributed by atoms with Crippen molar-refractivity contribution in [3.05, 3.63) is 11.6 Å². The van der Waals surface area contributed by atoms with Gasteiger partial charge in [-0.2, -0.15) is 5.10 Å². The van der Waals surface area contributed by atoms with E-state index in [0.29, 0.717) is 13.2 Å². The Hall–Kier alpha value is -1.67. The molecule has 140 valence electrons. The normalized spacial score (nSPS) is 22.7. The van der Waals surface area contributed by atoms with Crippen molar-refractivity contribution in [1.82, 2.24) is 25.4 Å². The van der Waals surface area contributed by atoms with Crippen LogP contribution in [0.25, 0.3) is 0 Å². The molecule has 0 radical (unpaired) electrons. The molecule has 1 saturated carbocycles. The predicted octanol–water partition coefficient (Wildman–Crippen LogP) is 0.599. The van der Waals surface area contributed by atoms with Crippen LogP contribution >= 0.6 is 0 Å². The Morgan fingerprint density at radius 3 is 2.96 bits per heavy atom. The highest BCUT2D eigenvalue weighted by atomic mass is 16.5. The molecule has 0 bridgehead atoms. The van der Waals surface area contributed by atoms with E-state index in [1.807, 2.05) is 4.68 Å². The number of fused-ring (bicyclic) bond motifs is 1. The van der Waals surface area contributed by atoms with Gasteiger partial charge in [0.05, 0.1) is 18.7 Å². The fraction of sp³-hybridized carbons (Fsp3) is 0.824. The average Bonchev–Trinajstić information content (AvgIpc) is 3.19. The minimum Gasteiger partial charge on any atom is -0.388 e. The van der Waals surface area contributed by atoms with E-state index in [2.05, 4.69) is 32.6 Å². The van der Waals surface area contributed by atoms with E-state index in [1.54, 1.807) is 7.11 Å². The van der Waals surface area contributed by atoms with Crippen LogP contribution < -0.4 is 10.6 Å². The Bertz CT molecular complexity index is 594. The number of hydrogen-bond acceptors (Lipinski definition) is 5. The molecule has 8 nitrogen and oxygen atoms in total. The first-order valence-electron chi connectivity index (χ1n) is 9.30. The van der Waals surface area contributed by atoms with Crippen LogP contribution in [0.5, 0.6) is 0 Å². The first-order chi connectivity index (χ1) is 12.1. The Morgan fingerprint density at radius 1 is 1.44 bits per heavy atom. The molecule has 1 aromatic heterocycles. The maximum Gasteiger partial charge on any atom is 0.191 e. The second-order valence-corrected chi connectivity index (χ2v) is 7.07. The number of nitrogens with zero attached hydrogens (tertiary/aromatic N) is 4. The van der Waals surface area contributed by atoms with Crippen LogP contribution in [-0.4, -0.2) is 57.7 Å². The molecule has 2 heterocycles. The first kappa shape index (κ1) is 18.1. The van der Waals surface area contributed by atoms with Gasteiger partial charge in [0.2, 0.25) is 0 Å². The molecule has 8 heteroatoms. The number of ether oxygens (including phenoxy) is 1. The lowest BCUT2D eigenvalue weighted by atomic mass is 10.0. The minimum atomic E-state index is -0.622. The predicted molar refractivity (Wildman–Crippen MR) is 95.4 cm³/mol. The molecule has 3 rings (SSSR count). The van der Waals surface area contributed by atoms with Crippen molar-refractivity contribution in [2.45, 2.75) is 70.2 Å². The smallest absolute Gasteiger partial charge is 0.191 e. The number of aryl methyl sites for hydroxylation is 1. The molecule has 0 aromatic carbocycles. The fourth-order valence-electron chi connectivity index (χ4n) is 3.60. The highest BCUT2D eigenvalue weighted by molar-refractivity contribution is 5.80. The summed E-state index contributed by atoms with van der Waals surface area (Å²) in [4.78, 5) is 9.14. The van der Waals surface area contributed by atoms with Gasteiger partial charge < -0.3 is 20.5 Å². The molecule has 25 heavy (non-hydrogen) atoms. The van der Waals surface area contributed by atoms with Gasteiger partial charge in [-0.3, -0.25) is 4.99 Å². The third-order valence-electron chi connectivity index (χ3n) is 4.93. The van der Waals surface area contributed by atoms with Crippen LogP contribution in [0.4, 0.5) is 0 Å². The molecule has 0 saturated heterocycles. The number of methoxy groups -OCH3 is 1. The molecule has 0 spiro atoms. The molecule has 1 atom stereocenters. The second kappa shape index (κ2) is 8.14. The summed E-state index contributed by atoms with van der Waals surface area (Å²) in [5, 5.41) is 21.8. The lowest BCUT2D eigenvalue weighted by molar-refractivity contribution is 0.0574. The summed E-state index contributed by atoms with van der Waals surface area (Å²) >= 11 is 0. The maximum atomic E-state index is 10.5. The first-order valence-corrected chi connectivity index (χ1v) is 9.30. The van der Waals surface area contributed by atoms with Crippen LogP contribution in [0.2, 0.25) is 0 Å². The van der Waals surface area contributed by atoms with E-state index in [4.69, 9.17) is 4.74 Å². The highest BCUT2D eigenvalue weighted by Gasteiger charge is 2.31. The number of nitrogens with one attached hydrogen (secondary N) is 2. The van der Waals surface area contributed by atoms with Gasteiger partial charge in [-0.25, -0.2) is 9.67 Å². The third-order valence-corrected chi connectivity index (χ3v) is 4.93. The van der Waals surface area contributed by atoms with Gasteiger partial charge in [-0.1, -0.05) is 12.8 Å². The van der Waals surface area contributed by atoms with Gasteiger partial charge >= 0.3 is 0 Å². The minimum absolute atomic E-state index is 0.251. The van der Waals surface area contributed by atoms with Crippen molar-refractivity contribution in [1.29, 1.82) is 0 Å². The standard InChI is InChI=1S/C17H30N6O2/c1-3-18-16(19-12-17(24)8-4-5-9-17)20-13-6-7-15-21-14(11-25-2)22-23(15)10-13/h13,24H,3-12H2,1-2H3,(H2,18,19,20). The van der Waals surface area contributed by atoms with Crippen molar-refractivity contribution in [2.24, 2.45) is 4.99 Å². The van der Waals surface area contributed by atoms with Gasteiger partial charge in [-0.15, -0.1) is 0 Å². The number of rotatable bonds is 6. The second-order valence-electron chi connectivity index (χ2n) is 7.07. The summed E-state index contributed by atoms with van der Waals surface area (Å²) in [6, 6.07) is 0.251. The largest absolute Gasteiger partial charge is 0.388 e. The molecule has 1 fully saturated rings. The SMILES string of the molecule is CCNC(=NCC1(O)CCCC1)NC1CCc2nc(COC)nn2C1. The zero-order valence-corrected chi connectivity index (χ0v) is 15.3. The maximum absolute atomic E-state index is 10.5. The Balaban J connectivity index is 1.60. The Kier molecular flexibility index (Phi) is 5.90. The summed E-state index contributed by atoms with van der Waals surface area (Å²) < 4.78 is 7.07. The monoisotopic (exact) mass is 350 g/mol. The molecular formula is C17H30N6O2. The number of aliphatic hydroxyl groups is 1. The van der Waals surface area contributed by atoms with Crippen LogP contribution in [0, 0.1) is 0 Å². The lowest BCUT2D eigenvalue weighted by Gasteiger charge is -2.26. The molecule has 0 amide bonds.